The number of nitrogen functional groups attached to an aromatic ring is 1. The van der Waals surface area contributed by atoms with Crippen molar-refractivity contribution in [3.63, 3.8) is 0 Å². The molecule has 0 saturated carbocycles. The van der Waals surface area contributed by atoms with Crippen molar-refractivity contribution in [3.05, 3.63) is 17.8 Å². The number of pyridine rings is 1. The Kier molecular flexibility index (Phi) is 3.19. The highest BCUT2D eigenvalue weighted by molar-refractivity contribution is 5.70. The second-order valence-electron chi connectivity index (χ2n) is 4.76. The lowest BCUT2D eigenvalue weighted by Gasteiger charge is -2.39. The molecule has 4 nitrogen and oxygen atoms in total. The van der Waals surface area contributed by atoms with Crippen LogP contribution in [0.3, 0.4) is 0 Å². The highest BCUT2D eigenvalue weighted by Gasteiger charge is 2.27. The summed E-state index contributed by atoms with van der Waals surface area (Å²) in [6.45, 7) is 5.42. The van der Waals surface area contributed by atoms with Crippen LogP contribution in [0.25, 0.3) is 0 Å². The standard InChI is InChI=1S/C13H18N4/c1-9-4-3-7-17(10(9)2)13-12(15)11(8-14)5-6-16-13/h5-6,9-10H,3-4,7,15H2,1-2H3. The van der Waals surface area contributed by atoms with Crippen molar-refractivity contribution in [2.45, 2.75) is 32.7 Å². The maximum absolute atomic E-state index is 8.98. The monoisotopic (exact) mass is 230 g/mol. The average molecular weight is 230 g/mol. The largest absolute Gasteiger partial charge is 0.395 e. The van der Waals surface area contributed by atoms with E-state index in [-0.39, 0.29) is 0 Å². The molecule has 1 aromatic heterocycles. The van der Waals surface area contributed by atoms with E-state index in [0.717, 1.165) is 18.8 Å². The molecular formula is C13H18N4. The Morgan fingerprint density at radius 1 is 1.53 bits per heavy atom. The first-order valence-electron chi connectivity index (χ1n) is 6.06. The molecule has 1 saturated heterocycles. The molecule has 2 rings (SSSR count). The van der Waals surface area contributed by atoms with Crippen LogP contribution in [0.1, 0.15) is 32.3 Å². The topological polar surface area (TPSA) is 65.9 Å². The van der Waals surface area contributed by atoms with Gasteiger partial charge in [0.05, 0.1) is 11.3 Å². The van der Waals surface area contributed by atoms with Gasteiger partial charge in [0, 0.05) is 18.8 Å². The van der Waals surface area contributed by atoms with Crippen LogP contribution in [0.4, 0.5) is 11.5 Å². The van der Waals surface area contributed by atoms with Crippen molar-refractivity contribution < 1.29 is 0 Å². The summed E-state index contributed by atoms with van der Waals surface area (Å²) in [5.74, 6) is 1.40. The molecule has 1 fully saturated rings. The van der Waals surface area contributed by atoms with Crippen LogP contribution in [0, 0.1) is 17.2 Å². The maximum atomic E-state index is 8.98. The van der Waals surface area contributed by atoms with Crippen LogP contribution in [-0.4, -0.2) is 17.6 Å². The van der Waals surface area contributed by atoms with Crippen molar-refractivity contribution in [2.75, 3.05) is 17.2 Å². The molecule has 0 aliphatic carbocycles. The second-order valence-corrected chi connectivity index (χ2v) is 4.76. The van der Waals surface area contributed by atoms with Crippen molar-refractivity contribution in [1.29, 1.82) is 5.26 Å². The molecule has 2 unspecified atom stereocenters. The molecule has 2 atom stereocenters. The number of piperidine rings is 1. The third-order valence-electron chi connectivity index (χ3n) is 3.74. The minimum absolute atomic E-state index is 0.424. The number of nitrogens with two attached hydrogens (primary N) is 1. The Balaban J connectivity index is 2.37. The van der Waals surface area contributed by atoms with Gasteiger partial charge in [0.1, 0.15) is 6.07 Å². The van der Waals surface area contributed by atoms with Gasteiger partial charge in [-0.05, 0) is 31.7 Å². The van der Waals surface area contributed by atoms with Gasteiger partial charge in [0.2, 0.25) is 0 Å². The minimum atomic E-state index is 0.424. The summed E-state index contributed by atoms with van der Waals surface area (Å²) in [7, 11) is 0. The number of rotatable bonds is 1. The van der Waals surface area contributed by atoms with Gasteiger partial charge < -0.3 is 10.6 Å². The molecule has 90 valence electrons. The molecule has 0 bridgehead atoms. The van der Waals surface area contributed by atoms with Crippen molar-refractivity contribution >= 4 is 11.5 Å². The van der Waals surface area contributed by atoms with E-state index in [4.69, 9.17) is 11.0 Å². The molecular weight excluding hydrogens is 212 g/mol. The SMILES string of the molecule is CC1CCCN(c2nccc(C#N)c2N)C1C. The zero-order valence-electron chi connectivity index (χ0n) is 10.3. The summed E-state index contributed by atoms with van der Waals surface area (Å²) in [5.41, 5.74) is 7.03. The van der Waals surface area contributed by atoms with Crippen LogP contribution < -0.4 is 10.6 Å². The van der Waals surface area contributed by atoms with Crippen LogP contribution >= 0.6 is 0 Å². The number of nitriles is 1. The Morgan fingerprint density at radius 2 is 2.29 bits per heavy atom. The van der Waals surface area contributed by atoms with Gasteiger partial charge in [-0.2, -0.15) is 5.26 Å². The third-order valence-corrected chi connectivity index (χ3v) is 3.74. The lowest BCUT2D eigenvalue weighted by molar-refractivity contribution is 0.362. The molecule has 1 aromatic rings. The molecule has 1 aliphatic rings. The molecule has 0 amide bonds. The molecule has 0 radical (unpaired) electrons. The molecule has 2 N–H and O–H groups in total. The molecule has 4 heteroatoms. The van der Waals surface area contributed by atoms with E-state index in [1.54, 1.807) is 12.3 Å². The Hall–Kier alpha value is -1.76. The van der Waals surface area contributed by atoms with Gasteiger partial charge in [-0.1, -0.05) is 6.92 Å². The van der Waals surface area contributed by atoms with E-state index in [1.165, 1.54) is 6.42 Å². The van der Waals surface area contributed by atoms with Crippen LogP contribution in [0.15, 0.2) is 12.3 Å². The van der Waals surface area contributed by atoms with E-state index in [1.807, 2.05) is 0 Å². The minimum Gasteiger partial charge on any atom is -0.395 e. The summed E-state index contributed by atoms with van der Waals surface area (Å²) < 4.78 is 0. The van der Waals surface area contributed by atoms with Gasteiger partial charge in [-0.25, -0.2) is 4.98 Å². The predicted molar refractivity (Wildman–Crippen MR) is 68.6 cm³/mol. The number of hydrogen-bond donors (Lipinski definition) is 1. The maximum Gasteiger partial charge on any atom is 0.153 e. The van der Waals surface area contributed by atoms with Gasteiger partial charge in [-0.15, -0.1) is 0 Å². The molecule has 0 spiro atoms. The summed E-state index contributed by atoms with van der Waals surface area (Å²) in [5, 5.41) is 8.98. The molecule has 0 aromatic carbocycles. The number of anilines is 2. The van der Waals surface area contributed by atoms with Gasteiger partial charge in [0.25, 0.3) is 0 Å². The lowest BCUT2D eigenvalue weighted by Crippen LogP contribution is -2.43. The van der Waals surface area contributed by atoms with Crippen molar-refractivity contribution in [2.24, 2.45) is 5.92 Å². The first kappa shape index (κ1) is 11.7. The lowest BCUT2D eigenvalue weighted by atomic mass is 9.92. The third kappa shape index (κ3) is 2.05. The number of nitrogens with zero attached hydrogens (tertiary/aromatic N) is 3. The zero-order chi connectivity index (χ0) is 12.4. The van der Waals surface area contributed by atoms with E-state index in [0.29, 0.717) is 23.2 Å². The number of aromatic nitrogens is 1. The fraction of sp³-hybridized carbons (Fsp3) is 0.538. The Bertz CT molecular complexity index is 449. The van der Waals surface area contributed by atoms with E-state index >= 15 is 0 Å². The molecule has 2 heterocycles. The van der Waals surface area contributed by atoms with Crippen molar-refractivity contribution in [1.82, 2.24) is 4.98 Å². The van der Waals surface area contributed by atoms with E-state index in [9.17, 15) is 0 Å². The fourth-order valence-corrected chi connectivity index (χ4v) is 2.42. The predicted octanol–water partition coefficient (Wildman–Crippen LogP) is 2.16. The summed E-state index contributed by atoms with van der Waals surface area (Å²) >= 11 is 0. The smallest absolute Gasteiger partial charge is 0.153 e. The average Bonchev–Trinajstić information content (AvgIpc) is 2.33. The van der Waals surface area contributed by atoms with Crippen molar-refractivity contribution in [3.8, 4) is 6.07 Å². The summed E-state index contributed by atoms with van der Waals surface area (Å²) in [6.07, 6.45) is 4.06. The fourth-order valence-electron chi connectivity index (χ4n) is 2.42. The van der Waals surface area contributed by atoms with Gasteiger partial charge in [-0.3, -0.25) is 0 Å². The molecule has 17 heavy (non-hydrogen) atoms. The second kappa shape index (κ2) is 4.62. The summed E-state index contributed by atoms with van der Waals surface area (Å²) in [6, 6.07) is 4.20. The highest BCUT2D eigenvalue weighted by atomic mass is 15.2. The van der Waals surface area contributed by atoms with Gasteiger partial charge in [0.15, 0.2) is 5.82 Å². The van der Waals surface area contributed by atoms with E-state index < -0.39 is 0 Å². The summed E-state index contributed by atoms with van der Waals surface area (Å²) in [4.78, 5) is 6.57. The molecule has 1 aliphatic heterocycles. The first-order chi connectivity index (χ1) is 8.15. The first-order valence-corrected chi connectivity index (χ1v) is 6.06. The van der Waals surface area contributed by atoms with Crippen LogP contribution in [0.5, 0.6) is 0 Å². The normalized spacial score (nSPS) is 24.4. The quantitative estimate of drug-likeness (QED) is 0.802. The highest BCUT2D eigenvalue weighted by Crippen LogP contribution is 2.31. The van der Waals surface area contributed by atoms with Crippen LogP contribution in [0.2, 0.25) is 0 Å². The zero-order valence-corrected chi connectivity index (χ0v) is 10.3. The van der Waals surface area contributed by atoms with Gasteiger partial charge >= 0.3 is 0 Å². The Morgan fingerprint density at radius 3 is 3.00 bits per heavy atom. The number of hydrogen-bond acceptors (Lipinski definition) is 4. The van der Waals surface area contributed by atoms with E-state index in [2.05, 4.69) is 29.8 Å². The van der Waals surface area contributed by atoms with Crippen LogP contribution in [-0.2, 0) is 0 Å². The Labute approximate surface area is 102 Å².